The minimum Gasteiger partial charge on any atom is -0.352 e. The van der Waals surface area contributed by atoms with Crippen molar-refractivity contribution in [1.82, 2.24) is 24.8 Å². The number of hydrogen-bond donors (Lipinski definition) is 1. The first-order valence-corrected chi connectivity index (χ1v) is 7.56. The topological polar surface area (TPSA) is 79.6 Å². The Morgan fingerprint density at radius 1 is 1.45 bits per heavy atom. The van der Waals surface area contributed by atoms with Gasteiger partial charge in [0.1, 0.15) is 0 Å². The van der Waals surface area contributed by atoms with Crippen molar-refractivity contribution >= 4 is 17.5 Å². The Kier molecular flexibility index (Phi) is 4.04. The van der Waals surface area contributed by atoms with Gasteiger partial charge < -0.3 is 10.2 Å². The van der Waals surface area contributed by atoms with Crippen molar-refractivity contribution in [3.63, 3.8) is 0 Å². The van der Waals surface area contributed by atoms with Crippen molar-refractivity contribution in [3.8, 4) is 0 Å². The summed E-state index contributed by atoms with van der Waals surface area (Å²) >= 11 is 0. The van der Waals surface area contributed by atoms with Crippen LogP contribution in [0.1, 0.15) is 36.7 Å². The molecule has 7 heteroatoms. The normalized spacial score (nSPS) is 18.4. The molecule has 2 aromatic rings. The second-order valence-corrected chi connectivity index (χ2v) is 5.46. The van der Waals surface area contributed by atoms with Gasteiger partial charge in [0.2, 0.25) is 5.91 Å². The Morgan fingerprint density at radius 3 is 3.09 bits per heavy atom. The fourth-order valence-corrected chi connectivity index (χ4v) is 2.71. The maximum Gasteiger partial charge on any atom is 0.274 e. The highest BCUT2D eigenvalue weighted by Crippen LogP contribution is 2.14. The van der Waals surface area contributed by atoms with E-state index in [0.717, 1.165) is 12.8 Å². The van der Waals surface area contributed by atoms with Crippen LogP contribution in [0.4, 0.5) is 0 Å². The molecule has 7 nitrogen and oxygen atoms in total. The predicted molar refractivity (Wildman–Crippen MR) is 80.3 cm³/mol. The lowest BCUT2D eigenvalue weighted by molar-refractivity contribution is -0.121. The van der Waals surface area contributed by atoms with Gasteiger partial charge in [0.05, 0.1) is 0 Å². The smallest absolute Gasteiger partial charge is 0.274 e. The second-order valence-electron chi connectivity index (χ2n) is 5.46. The summed E-state index contributed by atoms with van der Waals surface area (Å²) in [5.41, 5.74) is 1.04. The lowest BCUT2D eigenvalue weighted by Crippen LogP contribution is -2.49. The zero-order valence-electron chi connectivity index (χ0n) is 12.5. The molecule has 22 heavy (non-hydrogen) atoms. The molecule has 1 aliphatic heterocycles. The van der Waals surface area contributed by atoms with Gasteiger partial charge in [-0.05, 0) is 18.9 Å². The van der Waals surface area contributed by atoms with Gasteiger partial charge in [-0.15, -0.1) is 0 Å². The third-order valence-electron chi connectivity index (χ3n) is 3.85. The Morgan fingerprint density at radius 2 is 2.32 bits per heavy atom. The molecule has 0 aliphatic carbocycles. The molecule has 0 bridgehead atoms. The van der Waals surface area contributed by atoms with Crippen LogP contribution < -0.4 is 5.32 Å². The number of fused-ring (bicyclic) bond motifs is 1. The van der Waals surface area contributed by atoms with E-state index in [0.29, 0.717) is 30.9 Å². The molecule has 1 fully saturated rings. The molecule has 1 saturated heterocycles. The van der Waals surface area contributed by atoms with Crippen LogP contribution in [0.5, 0.6) is 0 Å². The minimum atomic E-state index is -0.110. The number of carbonyl (C=O) groups is 2. The number of hydrogen-bond acceptors (Lipinski definition) is 4. The quantitative estimate of drug-likeness (QED) is 0.912. The monoisotopic (exact) mass is 301 g/mol. The molecule has 0 spiro atoms. The van der Waals surface area contributed by atoms with E-state index in [2.05, 4.69) is 15.4 Å². The maximum absolute atomic E-state index is 12.6. The number of amides is 2. The van der Waals surface area contributed by atoms with Crippen molar-refractivity contribution in [2.24, 2.45) is 0 Å². The number of carbonyl (C=O) groups excluding carboxylic acids is 2. The molecule has 3 heterocycles. The molecule has 2 aromatic heterocycles. The number of aromatic nitrogens is 3. The highest BCUT2D eigenvalue weighted by atomic mass is 16.2. The number of nitrogens with zero attached hydrogens (tertiary/aromatic N) is 4. The third-order valence-corrected chi connectivity index (χ3v) is 3.85. The van der Waals surface area contributed by atoms with E-state index in [1.165, 1.54) is 0 Å². The van der Waals surface area contributed by atoms with Crippen molar-refractivity contribution < 1.29 is 9.59 Å². The summed E-state index contributed by atoms with van der Waals surface area (Å²) in [4.78, 5) is 30.0. The van der Waals surface area contributed by atoms with E-state index in [9.17, 15) is 9.59 Å². The van der Waals surface area contributed by atoms with Crippen molar-refractivity contribution in [2.75, 3.05) is 13.1 Å². The van der Waals surface area contributed by atoms with Gasteiger partial charge in [-0.2, -0.15) is 5.10 Å². The average Bonchev–Trinajstić information content (AvgIpc) is 2.98. The molecule has 1 N–H and O–H groups in total. The lowest BCUT2D eigenvalue weighted by atomic mass is 10.1. The first-order valence-electron chi connectivity index (χ1n) is 7.56. The predicted octanol–water partition coefficient (Wildman–Crippen LogP) is 0.860. The fourth-order valence-electron chi connectivity index (χ4n) is 2.71. The molecule has 1 unspecified atom stereocenters. The third kappa shape index (κ3) is 2.93. The van der Waals surface area contributed by atoms with Gasteiger partial charge in [-0.1, -0.05) is 6.92 Å². The van der Waals surface area contributed by atoms with Gasteiger partial charge in [0.15, 0.2) is 11.3 Å². The van der Waals surface area contributed by atoms with Crippen LogP contribution in [0.15, 0.2) is 24.5 Å². The van der Waals surface area contributed by atoms with Crippen LogP contribution >= 0.6 is 0 Å². The van der Waals surface area contributed by atoms with Gasteiger partial charge >= 0.3 is 0 Å². The first-order chi connectivity index (χ1) is 10.7. The summed E-state index contributed by atoms with van der Waals surface area (Å²) in [6, 6.07) is 3.49. The summed E-state index contributed by atoms with van der Waals surface area (Å²) in [5, 5.41) is 7.23. The number of nitrogens with one attached hydrogen (secondary N) is 1. The van der Waals surface area contributed by atoms with Crippen molar-refractivity contribution in [3.05, 3.63) is 30.2 Å². The Hall–Kier alpha value is -2.44. The number of likely N-dealkylation sites (tertiary alicyclic amines) is 1. The standard InChI is InChI=1S/C15H19N5O2/c1-2-14(21)17-11-5-3-7-19(10-11)15(22)12-9-13-16-6-4-8-20(13)18-12/h4,6,8-9,11H,2-3,5,7,10H2,1H3,(H,17,21). The van der Waals surface area contributed by atoms with Crippen molar-refractivity contribution in [2.45, 2.75) is 32.2 Å². The summed E-state index contributed by atoms with van der Waals surface area (Å²) in [5.74, 6) is -0.0859. The maximum atomic E-state index is 12.6. The molecular formula is C15H19N5O2. The highest BCUT2D eigenvalue weighted by Gasteiger charge is 2.26. The Balaban J connectivity index is 1.72. The molecule has 1 aliphatic rings. The molecule has 3 rings (SSSR count). The van der Waals surface area contributed by atoms with Gasteiger partial charge in [0.25, 0.3) is 5.91 Å². The second kappa shape index (κ2) is 6.13. The van der Waals surface area contributed by atoms with E-state index in [4.69, 9.17) is 0 Å². The molecular weight excluding hydrogens is 282 g/mol. The van der Waals surface area contributed by atoms with Gasteiger partial charge in [-0.3, -0.25) is 9.59 Å². The highest BCUT2D eigenvalue weighted by molar-refractivity contribution is 5.93. The van der Waals surface area contributed by atoms with Crippen molar-refractivity contribution in [1.29, 1.82) is 0 Å². The number of rotatable bonds is 3. The molecule has 2 amide bonds. The van der Waals surface area contributed by atoms with Crippen LogP contribution in [-0.2, 0) is 4.79 Å². The van der Waals surface area contributed by atoms with E-state index < -0.39 is 0 Å². The van der Waals surface area contributed by atoms with E-state index in [-0.39, 0.29) is 17.9 Å². The fraction of sp³-hybridized carbons (Fsp3) is 0.467. The molecule has 116 valence electrons. The van der Waals surface area contributed by atoms with Crippen LogP contribution in [0.3, 0.4) is 0 Å². The summed E-state index contributed by atoms with van der Waals surface area (Å²) in [6.45, 7) is 3.05. The molecule has 1 atom stereocenters. The lowest BCUT2D eigenvalue weighted by Gasteiger charge is -2.32. The molecule has 0 saturated carbocycles. The van der Waals surface area contributed by atoms with E-state index in [1.807, 2.05) is 6.92 Å². The zero-order chi connectivity index (χ0) is 15.5. The van der Waals surface area contributed by atoms with Gasteiger partial charge in [0, 0.05) is 44.0 Å². The summed E-state index contributed by atoms with van der Waals surface area (Å²) in [7, 11) is 0. The first kappa shape index (κ1) is 14.5. The van der Waals surface area contributed by atoms with E-state index >= 15 is 0 Å². The van der Waals surface area contributed by atoms with Gasteiger partial charge in [-0.25, -0.2) is 9.50 Å². The molecule has 0 aromatic carbocycles. The zero-order valence-corrected chi connectivity index (χ0v) is 12.5. The summed E-state index contributed by atoms with van der Waals surface area (Å²) < 4.78 is 1.59. The van der Waals surface area contributed by atoms with Crippen LogP contribution in [0.25, 0.3) is 5.65 Å². The average molecular weight is 301 g/mol. The van der Waals surface area contributed by atoms with Crippen LogP contribution in [-0.4, -0.2) is 50.4 Å². The Labute approximate surface area is 128 Å². The number of piperidine rings is 1. The minimum absolute atomic E-state index is 0.0243. The summed E-state index contributed by atoms with van der Waals surface area (Å²) in [6.07, 6.45) is 5.68. The Bertz CT molecular complexity index is 663. The van der Waals surface area contributed by atoms with Crippen LogP contribution in [0, 0.1) is 0 Å². The van der Waals surface area contributed by atoms with E-state index in [1.54, 1.807) is 33.9 Å². The largest absolute Gasteiger partial charge is 0.352 e. The molecule has 0 radical (unpaired) electrons. The van der Waals surface area contributed by atoms with Crippen LogP contribution in [0.2, 0.25) is 0 Å². The SMILES string of the molecule is CCC(=O)NC1CCCN(C(=O)c2cc3ncccn3n2)C1.